The number of carbonyl (C=O) groups excluding carboxylic acids is 1. The van der Waals surface area contributed by atoms with Gasteiger partial charge in [0.2, 0.25) is 5.91 Å². The fourth-order valence-electron chi connectivity index (χ4n) is 2.35. The smallest absolute Gasteiger partial charge is 0.335 e. The van der Waals surface area contributed by atoms with Crippen LogP contribution in [0.15, 0.2) is 53.4 Å². The van der Waals surface area contributed by atoms with E-state index in [-0.39, 0.29) is 23.3 Å². The Bertz CT molecular complexity index is 733. The summed E-state index contributed by atoms with van der Waals surface area (Å²) in [7, 11) is 1.54. The summed E-state index contributed by atoms with van der Waals surface area (Å²) < 4.78 is 5.06. The summed E-state index contributed by atoms with van der Waals surface area (Å²) in [6.07, 6.45) is 0.662. The van der Waals surface area contributed by atoms with Gasteiger partial charge in [0.15, 0.2) is 0 Å². The molecule has 0 radical (unpaired) electrons. The lowest BCUT2D eigenvalue weighted by molar-refractivity contribution is -0.115. The SMILES string of the molecule is CCC(Sc1ccccc1)C(=O)Nc1cc(COC)cc(C(=O)O)c1. The average Bonchev–Trinajstić information content (AvgIpc) is 2.60. The lowest BCUT2D eigenvalue weighted by Crippen LogP contribution is -2.24. The van der Waals surface area contributed by atoms with Crippen molar-refractivity contribution in [3.05, 3.63) is 59.7 Å². The van der Waals surface area contributed by atoms with Gasteiger partial charge in [-0.15, -0.1) is 11.8 Å². The van der Waals surface area contributed by atoms with Crippen molar-refractivity contribution >= 4 is 29.3 Å². The van der Waals surface area contributed by atoms with E-state index in [0.29, 0.717) is 17.7 Å². The Morgan fingerprint density at radius 3 is 2.52 bits per heavy atom. The Morgan fingerprint density at radius 1 is 1.20 bits per heavy atom. The third kappa shape index (κ3) is 5.62. The van der Waals surface area contributed by atoms with Crippen LogP contribution < -0.4 is 5.32 Å². The first-order valence-corrected chi connectivity index (χ1v) is 8.80. The molecule has 0 fully saturated rings. The highest BCUT2D eigenvalue weighted by Crippen LogP contribution is 2.26. The molecule has 6 heteroatoms. The van der Waals surface area contributed by atoms with Crippen LogP contribution in [0.4, 0.5) is 5.69 Å². The van der Waals surface area contributed by atoms with E-state index in [1.165, 1.54) is 31.0 Å². The van der Waals surface area contributed by atoms with E-state index in [1.54, 1.807) is 6.07 Å². The maximum absolute atomic E-state index is 12.6. The van der Waals surface area contributed by atoms with Gasteiger partial charge in [-0.2, -0.15) is 0 Å². The molecule has 2 aromatic carbocycles. The Hall–Kier alpha value is -2.31. The molecule has 2 aromatic rings. The van der Waals surface area contributed by atoms with Crippen molar-refractivity contribution in [2.24, 2.45) is 0 Å². The van der Waals surface area contributed by atoms with Crippen LogP contribution in [0.1, 0.15) is 29.3 Å². The maximum Gasteiger partial charge on any atom is 0.335 e. The molecule has 0 aliphatic rings. The minimum atomic E-state index is -1.04. The number of methoxy groups -OCH3 is 1. The molecule has 132 valence electrons. The molecule has 1 amide bonds. The van der Waals surface area contributed by atoms with Gasteiger partial charge in [0.05, 0.1) is 17.4 Å². The van der Waals surface area contributed by atoms with Gasteiger partial charge in [0.25, 0.3) is 0 Å². The molecule has 2 N–H and O–H groups in total. The molecule has 1 atom stereocenters. The van der Waals surface area contributed by atoms with Crippen LogP contribution in [0.25, 0.3) is 0 Å². The van der Waals surface area contributed by atoms with Gasteiger partial charge >= 0.3 is 5.97 Å². The highest BCUT2D eigenvalue weighted by Gasteiger charge is 2.19. The van der Waals surface area contributed by atoms with Crippen molar-refractivity contribution in [1.29, 1.82) is 0 Å². The van der Waals surface area contributed by atoms with Gasteiger partial charge in [-0.1, -0.05) is 25.1 Å². The molecule has 2 rings (SSSR count). The molecule has 0 aliphatic carbocycles. The molecule has 0 spiro atoms. The van der Waals surface area contributed by atoms with Gasteiger partial charge in [-0.05, 0) is 42.3 Å². The topological polar surface area (TPSA) is 75.6 Å². The zero-order valence-corrected chi connectivity index (χ0v) is 15.0. The zero-order valence-electron chi connectivity index (χ0n) is 14.2. The molecule has 0 saturated heterocycles. The summed E-state index contributed by atoms with van der Waals surface area (Å²) in [6, 6.07) is 14.4. The van der Waals surface area contributed by atoms with Gasteiger partial charge < -0.3 is 15.2 Å². The fraction of sp³-hybridized carbons (Fsp3) is 0.263. The summed E-state index contributed by atoms with van der Waals surface area (Å²) in [5.74, 6) is -1.19. The molecule has 0 bridgehead atoms. The van der Waals surface area contributed by atoms with E-state index in [9.17, 15) is 14.7 Å². The second-order valence-electron chi connectivity index (χ2n) is 5.47. The summed E-state index contributed by atoms with van der Waals surface area (Å²) in [5, 5.41) is 11.8. The van der Waals surface area contributed by atoms with Crippen LogP contribution in [0.5, 0.6) is 0 Å². The number of ether oxygens (including phenoxy) is 1. The van der Waals surface area contributed by atoms with Crippen molar-refractivity contribution in [3.63, 3.8) is 0 Å². The monoisotopic (exact) mass is 359 g/mol. The fourth-order valence-corrected chi connectivity index (χ4v) is 3.32. The number of carboxylic acid groups (broad SMARTS) is 1. The number of thioether (sulfide) groups is 1. The normalized spacial score (nSPS) is 11.8. The van der Waals surface area contributed by atoms with Crippen LogP contribution in [-0.4, -0.2) is 29.3 Å². The highest BCUT2D eigenvalue weighted by atomic mass is 32.2. The number of rotatable bonds is 8. The quantitative estimate of drug-likeness (QED) is 0.696. The molecular weight excluding hydrogens is 338 g/mol. The maximum atomic E-state index is 12.6. The van der Waals surface area contributed by atoms with E-state index in [0.717, 1.165) is 4.90 Å². The van der Waals surface area contributed by atoms with Crippen molar-refractivity contribution in [2.45, 2.75) is 30.1 Å². The number of hydrogen-bond acceptors (Lipinski definition) is 4. The first-order valence-electron chi connectivity index (χ1n) is 7.92. The Kier molecular flexibility index (Phi) is 7.03. The van der Waals surface area contributed by atoms with Gasteiger partial charge in [-0.3, -0.25) is 4.79 Å². The molecule has 0 aliphatic heterocycles. The van der Waals surface area contributed by atoms with Gasteiger partial charge in [0.1, 0.15) is 0 Å². The second-order valence-corrected chi connectivity index (χ2v) is 6.75. The number of amides is 1. The molecule has 1 unspecified atom stereocenters. The van der Waals surface area contributed by atoms with Gasteiger partial charge in [-0.25, -0.2) is 4.79 Å². The molecule has 25 heavy (non-hydrogen) atoms. The minimum absolute atomic E-state index is 0.119. The molecular formula is C19H21NO4S. The van der Waals surface area contributed by atoms with Crippen LogP contribution in [-0.2, 0) is 16.1 Å². The third-order valence-corrected chi connectivity index (χ3v) is 4.88. The Morgan fingerprint density at radius 2 is 1.92 bits per heavy atom. The lowest BCUT2D eigenvalue weighted by atomic mass is 10.1. The van der Waals surface area contributed by atoms with Crippen molar-refractivity contribution in [2.75, 3.05) is 12.4 Å². The number of benzene rings is 2. The molecule has 0 heterocycles. The average molecular weight is 359 g/mol. The standard InChI is InChI=1S/C19H21NO4S/c1-3-17(25-16-7-5-4-6-8-16)18(21)20-15-10-13(12-24-2)9-14(11-15)19(22)23/h4-11,17H,3,12H2,1-2H3,(H,20,21)(H,22,23). The summed E-state index contributed by atoms with van der Waals surface area (Å²) in [4.78, 5) is 24.9. The molecule has 5 nitrogen and oxygen atoms in total. The summed E-state index contributed by atoms with van der Waals surface area (Å²) >= 11 is 1.49. The number of carboxylic acids is 1. The van der Waals surface area contributed by atoms with Crippen molar-refractivity contribution < 1.29 is 19.4 Å². The highest BCUT2D eigenvalue weighted by molar-refractivity contribution is 8.00. The number of nitrogens with one attached hydrogen (secondary N) is 1. The lowest BCUT2D eigenvalue weighted by Gasteiger charge is -2.15. The Balaban J connectivity index is 2.15. The largest absolute Gasteiger partial charge is 0.478 e. The zero-order chi connectivity index (χ0) is 18.2. The predicted molar refractivity (Wildman–Crippen MR) is 99.1 cm³/mol. The first kappa shape index (κ1) is 19.0. The van der Waals surface area contributed by atoms with E-state index >= 15 is 0 Å². The van der Waals surface area contributed by atoms with E-state index in [1.807, 2.05) is 37.3 Å². The van der Waals surface area contributed by atoms with E-state index in [4.69, 9.17) is 4.74 Å². The Labute approximate surface area is 151 Å². The van der Waals surface area contributed by atoms with E-state index < -0.39 is 5.97 Å². The molecule has 0 aromatic heterocycles. The number of aromatic carboxylic acids is 1. The van der Waals surface area contributed by atoms with Gasteiger partial charge in [0, 0.05) is 17.7 Å². The second kappa shape index (κ2) is 9.25. The first-order chi connectivity index (χ1) is 12.0. The van der Waals surface area contributed by atoms with Crippen LogP contribution in [0, 0.1) is 0 Å². The number of hydrogen-bond donors (Lipinski definition) is 2. The minimum Gasteiger partial charge on any atom is -0.478 e. The third-order valence-electron chi connectivity index (χ3n) is 3.50. The van der Waals surface area contributed by atoms with Crippen molar-refractivity contribution in [3.8, 4) is 0 Å². The molecule has 0 saturated carbocycles. The van der Waals surface area contributed by atoms with Crippen LogP contribution >= 0.6 is 11.8 Å². The predicted octanol–water partition coefficient (Wildman–Crippen LogP) is 4.04. The van der Waals surface area contributed by atoms with Crippen LogP contribution in [0.2, 0.25) is 0 Å². The van der Waals surface area contributed by atoms with Crippen molar-refractivity contribution in [1.82, 2.24) is 0 Å². The summed E-state index contributed by atoms with van der Waals surface area (Å²) in [5.41, 5.74) is 1.28. The number of anilines is 1. The van der Waals surface area contributed by atoms with Crippen LogP contribution in [0.3, 0.4) is 0 Å². The number of carbonyl (C=O) groups is 2. The summed E-state index contributed by atoms with van der Waals surface area (Å²) in [6.45, 7) is 2.23. The van der Waals surface area contributed by atoms with E-state index in [2.05, 4.69) is 5.32 Å².